The van der Waals surface area contributed by atoms with Crippen LogP contribution >= 0.6 is 0 Å². The van der Waals surface area contributed by atoms with E-state index in [0.29, 0.717) is 13.1 Å². The summed E-state index contributed by atoms with van der Waals surface area (Å²) in [6.45, 7) is 8.66. The Morgan fingerprint density at radius 2 is 1.71 bits per heavy atom. The first-order chi connectivity index (χ1) is 13.5. The lowest BCUT2D eigenvalue weighted by Gasteiger charge is -2.34. The van der Waals surface area contributed by atoms with E-state index in [9.17, 15) is 9.59 Å². The highest BCUT2D eigenvalue weighted by Crippen LogP contribution is 2.23. The molecule has 7 heteroatoms. The van der Waals surface area contributed by atoms with Gasteiger partial charge in [-0.15, -0.1) is 0 Å². The molecule has 1 aliphatic heterocycles. The van der Waals surface area contributed by atoms with E-state index in [1.54, 1.807) is 0 Å². The van der Waals surface area contributed by atoms with Crippen molar-refractivity contribution in [2.45, 2.75) is 26.3 Å². The predicted octanol–water partition coefficient (Wildman–Crippen LogP) is 1.75. The van der Waals surface area contributed by atoms with Gasteiger partial charge < -0.3 is 15.1 Å². The van der Waals surface area contributed by atoms with Crippen molar-refractivity contribution in [3.8, 4) is 0 Å². The normalized spacial score (nSPS) is 16.8. The van der Waals surface area contributed by atoms with E-state index >= 15 is 0 Å². The Labute approximate surface area is 166 Å². The monoisotopic (exact) mass is 386 g/mol. The second-order valence-electron chi connectivity index (χ2n) is 7.38. The maximum atomic E-state index is 12.4. The molecule has 0 aliphatic carbocycles. The molecule has 0 radical (unpaired) electrons. The van der Waals surface area contributed by atoms with E-state index in [-0.39, 0.29) is 17.9 Å². The van der Waals surface area contributed by atoms with E-state index < -0.39 is 0 Å². The fraction of sp³-hybridized carbons (Fsp3) is 0.524. The smallest absolute Gasteiger partial charge is 0.234 e. The summed E-state index contributed by atoms with van der Waals surface area (Å²) >= 11 is 0. The highest BCUT2D eigenvalue weighted by atomic mass is 16.3. The number of amides is 2. The summed E-state index contributed by atoms with van der Waals surface area (Å²) in [5, 5.41) is 6.96. The van der Waals surface area contributed by atoms with E-state index in [1.807, 2.05) is 44.2 Å². The molecule has 1 aromatic carbocycles. The summed E-state index contributed by atoms with van der Waals surface area (Å²) in [5.74, 6) is 0.826. The first-order valence-electron chi connectivity index (χ1n) is 10.0. The molecule has 0 spiro atoms. The number of furan rings is 1. The summed E-state index contributed by atoms with van der Waals surface area (Å²) < 4.78 is 5.83. The van der Waals surface area contributed by atoms with Crippen molar-refractivity contribution in [2.75, 3.05) is 45.8 Å². The molecule has 0 bridgehead atoms. The lowest BCUT2D eigenvalue weighted by molar-refractivity contribution is -0.125. The minimum absolute atomic E-state index is 0.0119. The Morgan fingerprint density at radius 3 is 2.36 bits per heavy atom. The Morgan fingerprint density at radius 1 is 1.07 bits per heavy atom. The van der Waals surface area contributed by atoms with Gasteiger partial charge in [0.05, 0.1) is 19.1 Å². The van der Waals surface area contributed by atoms with Gasteiger partial charge in [-0.25, -0.2) is 0 Å². The average Bonchev–Trinajstić information content (AvgIpc) is 3.12. The lowest BCUT2D eigenvalue weighted by atomic mass is 10.2. The van der Waals surface area contributed by atoms with E-state index in [1.165, 1.54) is 0 Å². The number of nitrogens with zero attached hydrogens (tertiary/aromatic N) is 2. The number of fused-ring (bicyclic) bond motifs is 1. The van der Waals surface area contributed by atoms with Gasteiger partial charge in [0.2, 0.25) is 11.8 Å². The fourth-order valence-corrected chi connectivity index (χ4v) is 3.41. The SMILES string of the molecule is CCCNC(=O)CN1CCN(CC(=O)NC(C)c2cc3ccccc3o2)CC1. The molecule has 0 saturated carbocycles. The van der Waals surface area contributed by atoms with Crippen LogP contribution in [0.25, 0.3) is 11.0 Å². The molecule has 1 aliphatic rings. The highest BCUT2D eigenvalue weighted by Gasteiger charge is 2.21. The third-order valence-electron chi connectivity index (χ3n) is 5.02. The summed E-state index contributed by atoms with van der Waals surface area (Å²) in [6.07, 6.45) is 0.946. The van der Waals surface area contributed by atoms with E-state index in [0.717, 1.165) is 55.9 Å². The van der Waals surface area contributed by atoms with Crippen molar-refractivity contribution in [3.63, 3.8) is 0 Å². The van der Waals surface area contributed by atoms with Crippen molar-refractivity contribution in [1.29, 1.82) is 0 Å². The fourth-order valence-electron chi connectivity index (χ4n) is 3.41. The molecule has 1 saturated heterocycles. The number of piperazine rings is 1. The number of benzene rings is 1. The average molecular weight is 386 g/mol. The minimum Gasteiger partial charge on any atom is -0.459 e. The molecule has 1 unspecified atom stereocenters. The molecule has 1 fully saturated rings. The van der Waals surface area contributed by atoms with Crippen molar-refractivity contribution in [2.24, 2.45) is 0 Å². The van der Waals surface area contributed by atoms with Crippen LogP contribution < -0.4 is 10.6 Å². The number of rotatable bonds is 8. The molecule has 152 valence electrons. The summed E-state index contributed by atoms with van der Waals surface area (Å²) in [7, 11) is 0. The second kappa shape index (κ2) is 9.71. The van der Waals surface area contributed by atoms with Gasteiger partial charge in [-0.2, -0.15) is 0 Å². The Kier molecular flexibility index (Phi) is 7.06. The summed E-state index contributed by atoms with van der Waals surface area (Å²) in [6, 6.07) is 9.63. The maximum absolute atomic E-state index is 12.4. The molecule has 2 N–H and O–H groups in total. The Bertz CT molecular complexity index is 763. The van der Waals surface area contributed by atoms with Crippen molar-refractivity contribution >= 4 is 22.8 Å². The third kappa shape index (κ3) is 5.56. The molecular weight excluding hydrogens is 356 g/mol. The number of hydrogen-bond donors (Lipinski definition) is 2. The largest absolute Gasteiger partial charge is 0.459 e. The van der Waals surface area contributed by atoms with Gasteiger partial charge in [-0.3, -0.25) is 19.4 Å². The van der Waals surface area contributed by atoms with Gasteiger partial charge >= 0.3 is 0 Å². The zero-order valence-corrected chi connectivity index (χ0v) is 16.7. The number of carbonyl (C=O) groups excluding carboxylic acids is 2. The van der Waals surface area contributed by atoms with E-state index in [2.05, 4.69) is 20.4 Å². The number of hydrogen-bond acceptors (Lipinski definition) is 5. The van der Waals surface area contributed by atoms with Gasteiger partial charge in [-0.1, -0.05) is 25.1 Å². The number of nitrogens with one attached hydrogen (secondary N) is 2. The molecule has 1 atom stereocenters. The van der Waals surface area contributed by atoms with Crippen LogP contribution in [0.2, 0.25) is 0 Å². The standard InChI is InChI=1S/C21H30N4O3/c1-3-8-22-20(26)14-24-9-11-25(12-10-24)15-21(27)23-16(2)19-13-17-6-4-5-7-18(17)28-19/h4-7,13,16H,3,8-12,14-15H2,1-2H3,(H,22,26)(H,23,27). The summed E-state index contributed by atoms with van der Waals surface area (Å²) in [5.41, 5.74) is 0.831. The quantitative estimate of drug-likeness (QED) is 0.723. The van der Waals surface area contributed by atoms with E-state index in [4.69, 9.17) is 4.42 Å². The van der Waals surface area contributed by atoms with Gasteiger partial charge in [0.15, 0.2) is 0 Å². The summed E-state index contributed by atoms with van der Waals surface area (Å²) in [4.78, 5) is 28.5. The number of para-hydroxylation sites is 1. The topological polar surface area (TPSA) is 77.8 Å². The van der Waals surface area contributed by atoms with Crippen LogP contribution in [-0.2, 0) is 9.59 Å². The molecule has 7 nitrogen and oxygen atoms in total. The zero-order chi connectivity index (χ0) is 19.9. The first kappa shape index (κ1) is 20.4. The van der Waals surface area contributed by atoms with Gasteiger partial charge in [0.25, 0.3) is 0 Å². The van der Waals surface area contributed by atoms with Crippen molar-refractivity contribution in [1.82, 2.24) is 20.4 Å². The van der Waals surface area contributed by atoms with Gasteiger partial charge in [-0.05, 0) is 25.5 Å². The number of carbonyl (C=O) groups is 2. The third-order valence-corrected chi connectivity index (χ3v) is 5.02. The minimum atomic E-state index is -0.177. The van der Waals surface area contributed by atoms with Crippen LogP contribution in [0, 0.1) is 0 Å². The first-order valence-corrected chi connectivity index (χ1v) is 10.0. The molecule has 1 aromatic heterocycles. The van der Waals surface area contributed by atoms with Gasteiger partial charge in [0, 0.05) is 38.1 Å². The lowest BCUT2D eigenvalue weighted by Crippen LogP contribution is -2.51. The van der Waals surface area contributed by atoms with Crippen LogP contribution in [0.5, 0.6) is 0 Å². The van der Waals surface area contributed by atoms with Crippen LogP contribution in [0.4, 0.5) is 0 Å². The predicted molar refractivity (Wildman–Crippen MR) is 109 cm³/mol. The molecule has 3 rings (SSSR count). The second-order valence-corrected chi connectivity index (χ2v) is 7.38. The molecule has 2 aromatic rings. The van der Waals surface area contributed by atoms with Crippen LogP contribution in [0.15, 0.2) is 34.7 Å². The molecule has 28 heavy (non-hydrogen) atoms. The molecule has 2 amide bonds. The highest BCUT2D eigenvalue weighted by molar-refractivity contribution is 5.80. The maximum Gasteiger partial charge on any atom is 0.234 e. The zero-order valence-electron chi connectivity index (χ0n) is 16.7. The van der Waals surface area contributed by atoms with Crippen LogP contribution in [0.1, 0.15) is 32.1 Å². The Hall–Kier alpha value is -2.38. The van der Waals surface area contributed by atoms with Crippen molar-refractivity contribution < 1.29 is 14.0 Å². The van der Waals surface area contributed by atoms with Gasteiger partial charge in [0.1, 0.15) is 11.3 Å². The molecule has 2 heterocycles. The Balaban J connectivity index is 1.41. The van der Waals surface area contributed by atoms with Crippen LogP contribution in [-0.4, -0.2) is 67.4 Å². The van der Waals surface area contributed by atoms with Crippen molar-refractivity contribution in [3.05, 3.63) is 36.1 Å². The van der Waals surface area contributed by atoms with Crippen LogP contribution in [0.3, 0.4) is 0 Å². The molecular formula is C21H30N4O3.